The highest BCUT2D eigenvalue weighted by Crippen LogP contribution is 2.46. The predicted octanol–water partition coefficient (Wildman–Crippen LogP) is 3.32. The predicted molar refractivity (Wildman–Crippen MR) is 103 cm³/mol. The fraction of sp³-hybridized carbons (Fsp3) is 0.682. The second-order valence-corrected chi connectivity index (χ2v) is 8.29. The van der Waals surface area contributed by atoms with Gasteiger partial charge >= 0.3 is 0 Å². The molecule has 2 aliphatic rings. The van der Waals surface area contributed by atoms with Gasteiger partial charge in [0.1, 0.15) is 0 Å². The van der Waals surface area contributed by atoms with E-state index in [0.29, 0.717) is 11.8 Å². The first kappa shape index (κ1) is 19.4. The minimum absolute atomic E-state index is 0.0301. The first-order valence-corrected chi connectivity index (χ1v) is 9.91. The molecule has 3 rings (SSSR count). The van der Waals surface area contributed by atoms with Crippen molar-refractivity contribution in [3.63, 3.8) is 0 Å². The summed E-state index contributed by atoms with van der Waals surface area (Å²) in [6.45, 7) is 8.24. The molecule has 1 saturated carbocycles. The van der Waals surface area contributed by atoms with Gasteiger partial charge in [-0.15, -0.1) is 0 Å². The van der Waals surface area contributed by atoms with Gasteiger partial charge in [0.05, 0.1) is 12.2 Å². The Hall–Kier alpha value is -1.39. The van der Waals surface area contributed by atoms with Crippen LogP contribution < -0.4 is 5.32 Å². The number of benzene rings is 1. The van der Waals surface area contributed by atoms with Crippen LogP contribution in [0, 0.1) is 26.7 Å². The summed E-state index contributed by atoms with van der Waals surface area (Å²) in [4.78, 5) is 11.9. The summed E-state index contributed by atoms with van der Waals surface area (Å²) in [7, 11) is 1.69. The molecule has 1 aromatic carbocycles. The zero-order valence-corrected chi connectivity index (χ0v) is 16.8. The third kappa shape index (κ3) is 3.54. The Morgan fingerprint density at radius 1 is 1.19 bits per heavy atom. The van der Waals surface area contributed by atoms with E-state index in [1.165, 1.54) is 27.8 Å². The molecule has 0 aliphatic heterocycles. The van der Waals surface area contributed by atoms with Crippen LogP contribution in [0.4, 0.5) is 0 Å². The molecule has 0 bridgehead atoms. The highest BCUT2D eigenvalue weighted by atomic mass is 16.5. The summed E-state index contributed by atoms with van der Waals surface area (Å²) in [5.74, 6) is 0.684. The molecule has 5 atom stereocenters. The number of rotatable bonds is 2. The number of ether oxygens (including phenoxy) is 1. The molecule has 4 nitrogen and oxygen atoms in total. The number of hydrogen-bond donors (Lipinski definition) is 2. The van der Waals surface area contributed by atoms with Crippen molar-refractivity contribution >= 4 is 5.91 Å². The second-order valence-electron chi connectivity index (χ2n) is 8.29. The van der Waals surface area contributed by atoms with E-state index in [1.807, 2.05) is 0 Å². The van der Waals surface area contributed by atoms with Gasteiger partial charge in [-0.25, -0.2) is 0 Å². The molecule has 0 saturated heterocycles. The van der Waals surface area contributed by atoms with Crippen molar-refractivity contribution in [2.24, 2.45) is 5.92 Å². The molecule has 1 aromatic rings. The topological polar surface area (TPSA) is 58.6 Å². The molecule has 0 aromatic heterocycles. The van der Waals surface area contributed by atoms with Gasteiger partial charge in [0.2, 0.25) is 5.91 Å². The number of carbonyl (C=O) groups excluding carboxylic acids is 1. The Morgan fingerprint density at radius 2 is 1.92 bits per heavy atom. The molecule has 0 radical (unpaired) electrons. The molecule has 1 amide bonds. The Labute approximate surface area is 157 Å². The maximum atomic E-state index is 11.9. The minimum atomic E-state index is -0.430. The second kappa shape index (κ2) is 7.69. The van der Waals surface area contributed by atoms with Crippen LogP contribution in [0.3, 0.4) is 0 Å². The van der Waals surface area contributed by atoms with Crippen LogP contribution in [-0.4, -0.2) is 36.4 Å². The highest BCUT2D eigenvalue weighted by molar-refractivity contribution is 5.73. The quantitative estimate of drug-likeness (QED) is 0.852. The molecule has 4 heteroatoms. The fourth-order valence-corrected chi connectivity index (χ4v) is 5.27. The monoisotopic (exact) mass is 359 g/mol. The zero-order chi connectivity index (χ0) is 19.0. The number of hydrogen-bond acceptors (Lipinski definition) is 3. The first-order valence-electron chi connectivity index (χ1n) is 9.91. The van der Waals surface area contributed by atoms with Crippen LogP contribution in [0.25, 0.3) is 0 Å². The maximum Gasteiger partial charge on any atom is 0.217 e. The normalized spacial score (nSPS) is 31.4. The Kier molecular flexibility index (Phi) is 5.73. The SMILES string of the molecule is COC1CC2C(NC(C)=O)CCc3cc(C)c(C)c(C)c3C2CCC1O. The van der Waals surface area contributed by atoms with Gasteiger partial charge < -0.3 is 15.2 Å². The zero-order valence-electron chi connectivity index (χ0n) is 16.8. The number of fused-ring (bicyclic) bond motifs is 3. The Bertz CT molecular complexity index is 684. The average molecular weight is 360 g/mol. The highest BCUT2D eigenvalue weighted by Gasteiger charge is 2.41. The molecule has 144 valence electrons. The van der Waals surface area contributed by atoms with Crippen LogP contribution in [-0.2, 0) is 16.0 Å². The van der Waals surface area contributed by atoms with Crippen LogP contribution in [0.5, 0.6) is 0 Å². The molecule has 26 heavy (non-hydrogen) atoms. The van der Waals surface area contributed by atoms with Crippen molar-refractivity contribution in [2.45, 2.75) is 84.0 Å². The van der Waals surface area contributed by atoms with Crippen molar-refractivity contribution in [1.29, 1.82) is 0 Å². The smallest absolute Gasteiger partial charge is 0.217 e. The number of methoxy groups -OCH3 is 1. The van der Waals surface area contributed by atoms with Crippen molar-refractivity contribution in [3.05, 3.63) is 33.9 Å². The number of amides is 1. The molecule has 0 heterocycles. The van der Waals surface area contributed by atoms with Crippen molar-refractivity contribution in [2.75, 3.05) is 7.11 Å². The summed E-state index contributed by atoms with van der Waals surface area (Å²) < 4.78 is 5.62. The van der Waals surface area contributed by atoms with Crippen LogP contribution in [0.2, 0.25) is 0 Å². The standard InChI is InChI=1S/C22H33NO3/c1-12-10-16-6-8-19(23-15(4)24)18-11-21(26-5)20(25)9-7-17(18)22(16)14(3)13(12)2/h10,17-21,25H,6-9,11H2,1-5H3,(H,23,24). The summed E-state index contributed by atoms with van der Waals surface area (Å²) in [6, 6.07) is 2.48. The van der Waals surface area contributed by atoms with Crippen molar-refractivity contribution < 1.29 is 14.6 Å². The van der Waals surface area contributed by atoms with E-state index in [4.69, 9.17) is 4.74 Å². The lowest BCUT2D eigenvalue weighted by atomic mass is 9.76. The van der Waals surface area contributed by atoms with E-state index in [9.17, 15) is 9.90 Å². The number of carbonyl (C=O) groups is 1. The average Bonchev–Trinajstić information content (AvgIpc) is 2.83. The van der Waals surface area contributed by atoms with Crippen LogP contribution >= 0.6 is 0 Å². The maximum absolute atomic E-state index is 11.9. The molecule has 0 spiro atoms. The summed E-state index contributed by atoms with van der Waals surface area (Å²) in [5.41, 5.74) is 7.00. The molecule has 1 fully saturated rings. The van der Waals surface area contributed by atoms with E-state index in [2.05, 4.69) is 32.2 Å². The number of aryl methyl sites for hydroxylation is 2. The van der Waals surface area contributed by atoms with E-state index in [1.54, 1.807) is 14.0 Å². The molecule has 2 aliphatic carbocycles. The van der Waals surface area contributed by atoms with Gasteiger partial charge in [0.15, 0.2) is 0 Å². The van der Waals surface area contributed by atoms with Gasteiger partial charge in [-0.05, 0) is 92.5 Å². The summed E-state index contributed by atoms with van der Waals surface area (Å²) in [6.07, 6.45) is 3.84. The van der Waals surface area contributed by atoms with Gasteiger partial charge in [-0.1, -0.05) is 6.07 Å². The molecule has 2 N–H and O–H groups in total. The van der Waals surface area contributed by atoms with Crippen LogP contribution in [0.15, 0.2) is 6.07 Å². The van der Waals surface area contributed by atoms with Crippen LogP contribution in [0.1, 0.15) is 66.3 Å². The lowest BCUT2D eigenvalue weighted by Gasteiger charge is -2.33. The van der Waals surface area contributed by atoms with Crippen molar-refractivity contribution in [1.82, 2.24) is 5.32 Å². The lowest BCUT2D eigenvalue weighted by molar-refractivity contribution is -0.120. The van der Waals surface area contributed by atoms with Gasteiger partial charge in [-0.2, -0.15) is 0 Å². The Balaban J connectivity index is 2.10. The molecular formula is C22H33NO3. The van der Waals surface area contributed by atoms with E-state index >= 15 is 0 Å². The first-order chi connectivity index (χ1) is 12.3. The molecular weight excluding hydrogens is 326 g/mol. The fourth-order valence-electron chi connectivity index (χ4n) is 5.27. The Morgan fingerprint density at radius 3 is 2.58 bits per heavy atom. The third-order valence-electron chi connectivity index (χ3n) is 6.82. The summed E-state index contributed by atoms with van der Waals surface area (Å²) in [5, 5.41) is 13.8. The van der Waals surface area contributed by atoms with Crippen molar-refractivity contribution in [3.8, 4) is 0 Å². The van der Waals surface area contributed by atoms with E-state index < -0.39 is 6.10 Å². The largest absolute Gasteiger partial charge is 0.390 e. The summed E-state index contributed by atoms with van der Waals surface area (Å²) >= 11 is 0. The lowest BCUT2D eigenvalue weighted by Crippen LogP contribution is -2.42. The van der Waals surface area contributed by atoms with Gasteiger partial charge in [-0.3, -0.25) is 4.79 Å². The number of aliphatic hydroxyl groups is 1. The van der Waals surface area contributed by atoms with Gasteiger partial charge in [0, 0.05) is 20.1 Å². The third-order valence-corrected chi connectivity index (χ3v) is 6.82. The molecule has 5 unspecified atom stereocenters. The minimum Gasteiger partial charge on any atom is -0.390 e. The van der Waals surface area contributed by atoms with E-state index in [0.717, 1.165) is 32.1 Å². The number of aliphatic hydroxyl groups excluding tert-OH is 1. The number of nitrogens with one attached hydrogen (secondary N) is 1. The van der Waals surface area contributed by atoms with Gasteiger partial charge in [0.25, 0.3) is 0 Å². The van der Waals surface area contributed by atoms with E-state index in [-0.39, 0.29) is 18.1 Å².